The summed E-state index contributed by atoms with van der Waals surface area (Å²) in [6.45, 7) is 0.754. The number of carboxylic acid groups (broad SMARTS) is 1. The number of nitrogens with one attached hydrogen (secondary N) is 1. The van der Waals surface area contributed by atoms with Crippen LogP contribution in [0.3, 0.4) is 0 Å². The molecule has 1 aliphatic heterocycles. The Labute approximate surface area is 138 Å². The Morgan fingerprint density at radius 3 is 2.54 bits per heavy atom. The highest BCUT2D eigenvalue weighted by atomic mass is 16.5. The number of hydrogen-bond donors (Lipinski definition) is 3. The quantitative estimate of drug-likeness (QED) is 0.467. The van der Waals surface area contributed by atoms with E-state index in [1.165, 1.54) is 6.92 Å². The summed E-state index contributed by atoms with van der Waals surface area (Å²) in [6, 6.07) is 7.96. The predicted molar refractivity (Wildman–Crippen MR) is 83.0 cm³/mol. The van der Waals surface area contributed by atoms with Crippen LogP contribution in [0.1, 0.15) is 6.92 Å². The summed E-state index contributed by atoms with van der Waals surface area (Å²) in [5, 5.41) is 20.7. The number of aliphatic hydroxyl groups excluding tert-OH is 1. The van der Waals surface area contributed by atoms with Gasteiger partial charge in [-0.2, -0.15) is 0 Å². The van der Waals surface area contributed by atoms with Crippen molar-refractivity contribution in [2.45, 2.75) is 13.0 Å². The summed E-state index contributed by atoms with van der Waals surface area (Å²) in [5.41, 5.74) is -0.0819. The van der Waals surface area contributed by atoms with E-state index in [4.69, 9.17) is 14.9 Å². The first-order valence-corrected chi connectivity index (χ1v) is 7.26. The first kappa shape index (κ1) is 17.5. The lowest BCUT2D eigenvalue weighted by Gasteiger charge is -2.39. The summed E-state index contributed by atoms with van der Waals surface area (Å²) in [6.07, 6.45) is 0. The van der Waals surface area contributed by atoms with Crippen LogP contribution >= 0.6 is 0 Å². The number of aliphatic hydroxyl groups is 1. The minimum atomic E-state index is -1.30. The smallest absolute Gasteiger partial charge is 0.352 e. The zero-order chi connectivity index (χ0) is 17.7. The monoisotopic (exact) mass is 334 g/mol. The molecule has 8 heteroatoms. The normalized spacial score (nSPS) is 17.7. The second kappa shape index (κ2) is 7.60. The number of amides is 2. The van der Waals surface area contributed by atoms with Crippen LogP contribution in [0.25, 0.3) is 0 Å². The number of benzene rings is 1. The topological polar surface area (TPSA) is 116 Å². The van der Waals surface area contributed by atoms with Gasteiger partial charge in [0, 0.05) is 0 Å². The summed E-state index contributed by atoms with van der Waals surface area (Å²) >= 11 is 0. The minimum absolute atomic E-state index is 0.0366. The van der Waals surface area contributed by atoms with Gasteiger partial charge in [-0.3, -0.25) is 9.59 Å². The average molecular weight is 334 g/mol. The number of rotatable bonds is 7. The molecule has 1 atom stereocenters. The fourth-order valence-corrected chi connectivity index (χ4v) is 2.24. The van der Waals surface area contributed by atoms with Crippen LogP contribution in [-0.2, 0) is 14.4 Å². The molecule has 8 nitrogen and oxygen atoms in total. The van der Waals surface area contributed by atoms with E-state index in [1.54, 1.807) is 24.3 Å². The molecular formula is C16H18N2O6. The molecule has 24 heavy (non-hydrogen) atoms. The van der Waals surface area contributed by atoms with Gasteiger partial charge in [0.25, 0.3) is 11.8 Å². The lowest BCUT2D eigenvalue weighted by atomic mass is 10.0. The summed E-state index contributed by atoms with van der Waals surface area (Å²) in [7, 11) is 0. The number of carbonyl (C=O) groups excluding carboxylic acids is 2. The number of aliphatic carboxylic acids is 1. The number of hydrogen-bond acceptors (Lipinski definition) is 5. The first-order valence-electron chi connectivity index (χ1n) is 7.26. The van der Waals surface area contributed by atoms with Gasteiger partial charge < -0.3 is 25.2 Å². The molecule has 1 heterocycles. The van der Waals surface area contributed by atoms with Crippen LogP contribution in [0.4, 0.5) is 0 Å². The van der Waals surface area contributed by atoms with Crippen molar-refractivity contribution in [1.82, 2.24) is 10.2 Å². The lowest BCUT2D eigenvalue weighted by Crippen LogP contribution is -2.64. The third-order valence-corrected chi connectivity index (χ3v) is 3.49. The molecule has 3 N–H and O–H groups in total. The van der Waals surface area contributed by atoms with Gasteiger partial charge in [0.05, 0.1) is 13.2 Å². The molecule has 0 saturated carbocycles. The van der Waals surface area contributed by atoms with Crippen LogP contribution in [0, 0.1) is 0 Å². The van der Waals surface area contributed by atoms with Crippen LogP contribution in [0.15, 0.2) is 41.6 Å². The van der Waals surface area contributed by atoms with E-state index >= 15 is 0 Å². The van der Waals surface area contributed by atoms with Gasteiger partial charge in [0.1, 0.15) is 17.5 Å². The number of β-lactam (4-membered cyclic amide) rings is 1. The molecule has 1 aliphatic rings. The molecule has 0 radical (unpaired) electrons. The summed E-state index contributed by atoms with van der Waals surface area (Å²) in [4.78, 5) is 36.0. The minimum Gasteiger partial charge on any atom is -0.484 e. The molecule has 1 aromatic rings. The molecule has 1 unspecified atom stereocenters. The fraction of sp³-hybridized carbons (Fsp3) is 0.312. The summed E-state index contributed by atoms with van der Waals surface area (Å²) < 4.78 is 5.27. The third-order valence-electron chi connectivity index (χ3n) is 3.49. The largest absolute Gasteiger partial charge is 0.484 e. The predicted octanol–water partition coefficient (Wildman–Crippen LogP) is -0.257. The van der Waals surface area contributed by atoms with Gasteiger partial charge in [-0.15, -0.1) is 0 Å². The second-order valence-corrected chi connectivity index (χ2v) is 5.26. The van der Waals surface area contributed by atoms with Crippen molar-refractivity contribution in [1.29, 1.82) is 0 Å². The molecule has 1 fully saturated rings. The van der Waals surface area contributed by atoms with Gasteiger partial charge in [-0.1, -0.05) is 18.2 Å². The van der Waals surface area contributed by atoms with Gasteiger partial charge >= 0.3 is 5.97 Å². The molecule has 1 saturated heterocycles. The Morgan fingerprint density at radius 1 is 1.33 bits per heavy atom. The Hall–Kier alpha value is -2.87. The van der Waals surface area contributed by atoms with E-state index in [9.17, 15) is 14.4 Å². The molecule has 128 valence electrons. The van der Waals surface area contributed by atoms with E-state index < -0.39 is 30.4 Å². The Bertz CT molecular complexity index is 670. The van der Waals surface area contributed by atoms with Crippen LogP contribution < -0.4 is 10.1 Å². The maximum Gasteiger partial charge on any atom is 0.352 e. The highest BCUT2D eigenvalue weighted by Crippen LogP contribution is 2.20. The van der Waals surface area contributed by atoms with Gasteiger partial charge in [-0.05, 0) is 24.6 Å². The number of ether oxygens (including phenoxy) is 1. The molecule has 2 rings (SSSR count). The number of likely N-dealkylation sites (tertiary alicyclic amines) is 1. The molecule has 2 amide bonds. The SMILES string of the molecule is CC(CO)=C(C(=O)O)N1CC(NC(=O)COc2ccccc2)C1=O. The van der Waals surface area contributed by atoms with Crippen molar-refractivity contribution >= 4 is 17.8 Å². The molecule has 0 bridgehead atoms. The van der Waals surface area contributed by atoms with E-state index in [2.05, 4.69) is 5.32 Å². The number of carbonyl (C=O) groups is 3. The van der Waals surface area contributed by atoms with Gasteiger partial charge in [0.15, 0.2) is 6.61 Å². The highest BCUT2D eigenvalue weighted by molar-refractivity contribution is 6.00. The zero-order valence-corrected chi connectivity index (χ0v) is 13.1. The Kier molecular flexibility index (Phi) is 5.54. The van der Waals surface area contributed by atoms with Crippen LogP contribution in [0.2, 0.25) is 0 Å². The van der Waals surface area contributed by atoms with E-state index in [1.807, 2.05) is 6.07 Å². The van der Waals surface area contributed by atoms with Crippen LogP contribution in [-0.4, -0.2) is 58.7 Å². The van der Waals surface area contributed by atoms with Crippen molar-refractivity contribution in [2.24, 2.45) is 0 Å². The van der Waals surface area contributed by atoms with Crippen LogP contribution in [0.5, 0.6) is 5.75 Å². The number of para-hydroxylation sites is 1. The van der Waals surface area contributed by atoms with E-state index in [0.717, 1.165) is 4.90 Å². The lowest BCUT2D eigenvalue weighted by molar-refractivity contribution is -0.149. The molecule has 1 aromatic carbocycles. The van der Waals surface area contributed by atoms with E-state index in [-0.39, 0.29) is 24.4 Å². The molecule has 0 aromatic heterocycles. The highest BCUT2D eigenvalue weighted by Gasteiger charge is 2.42. The number of carboxylic acids is 1. The maximum atomic E-state index is 12.0. The molecule has 0 spiro atoms. The zero-order valence-electron chi connectivity index (χ0n) is 13.1. The Morgan fingerprint density at radius 2 is 2.00 bits per heavy atom. The summed E-state index contributed by atoms with van der Waals surface area (Å²) in [5.74, 6) is -1.78. The number of nitrogens with zero attached hydrogens (tertiary/aromatic N) is 1. The second-order valence-electron chi connectivity index (χ2n) is 5.26. The standard InChI is InChI=1S/C16H18N2O6/c1-10(8-19)14(16(22)23)18-7-12(15(18)21)17-13(20)9-24-11-5-3-2-4-6-11/h2-6,12,19H,7-9H2,1H3,(H,17,20)(H,22,23). The third kappa shape index (κ3) is 3.90. The van der Waals surface area contributed by atoms with Crippen molar-refractivity contribution in [2.75, 3.05) is 19.8 Å². The fourth-order valence-electron chi connectivity index (χ4n) is 2.24. The van der Waals surface area contributed by atoms with Gasteiger partial charge in [-0.25, -0.2) is 4.79 Å². The maximum absolute atomic E-state index is 12.0. The Balaban J connectivity index is 1.87. The first-order chi connectivity index (χ1) is 11.4. The van der Waals surface area contributed by atoms with E-state index in [0.29, 0.717) is 5.75 Å². The average Bonchev–Trinajstić information content (AvgIpc) is 2.58. The molecular weight excluding hydrogens is 316 g/mol. The van der Waals surface area contributed by atoms with Crippen molar-refractivity contribution in [3.63, 3.8) is 0 Å². The van der Waals surface area contributed by atoms with Crippen molar-refractivity contribution < 1.29 is 29.3 Å². The molecule has 0 aliphatic carbocycles. The van der Waals surface area contributed by atoms with Crippen molar-refractivity contribution in [3.8, 4) is 5.75 Å². The van der Waals surface area contributed by atoms with Crippen molar-refractivity contribution in [3.05, 3.63) is 41.6 Å². The van der Waals surface area contributed by atoms with Gasteiger partial charge in [0.2, 0.25) is 0 Å².